The van der Waals surface area contributed by atoms with Crippen LogP contribution < -0.4 is 15.6 Å². The zero-order valence-electron chi connectivity index (χ0n) is 17.9. The third-order valence-corrected chi connectivity index (χ3v) is 5.34. The minimum Gasteiger partial charge on any atom is -0.497 e. The van der Waals surface area contributed by atoms with Gasteiger partial charge in [-0.2, -0.15) is 5.10 Å². The highest BCUT2D eigenvalue weighted by Crippen LogP contribution is 2.33. The lowest BCUT2D eigenvalue weighted by Crippen LogP contribution is -2.18. The number of nitrogens with one attached hydrogen (secondary N) is 3. The Morgan fingerprint density at radius 1 is 1.19 bits per heavy atom. The van der Waals surface area contributed by atoms with Gasteiger partial charge in [-0.15, -0.1) is 0 Å². The van der Waals surface area contributed by atoms with Gasteiger partial charge >= 0.3 is 0 Å². The Kier molecular flexibility index (Phi) is 4.81. The van der Waals surface area contributed by atoms with Crippen molar-refractivity contribution in [2.24, 2.45) is 7.05 Å². The zero-order chi connectivity index (χ0) is 22.2. The summed E-state index contributed by atoms with van der Waals surface area (Å²) in [4.78, 5) is 32.8. The van der Waals surface area contributed by atoms with Crippen LogP contribution >= 0.6 is 0 Å². The van der Waals surface area contributed by atoms with E-state index in [0.29, 0.717) is 46.1 Å². The molecule has 3 N–H and O–H groups in total. The third-order valence-electron chi connectivity index (χ3n) is 5.34. The number of H-pyrrole nitrogens is 2. The predicted molar refractivity (Wildman–Crippen MR) is 122 cm³/mol. The highest BCUT2D eigenvalue weighted by molar-refractivity contribution is 5.96. The van der Waals surface area contributed by atoms with E-state index in [-0.39, 0.29) is 11.6 Å². The summed E-state index contributed by atoms with van der Waals surface area (Å²) < 4.78 is 6.97. The fourth-order valence-corrected chi connectivity index (χ4v) is 3.80. The quantitative estimate of drug-likeness (QED) is 0.378. The first-order valence-electron chi connectivity index (χ1n) is 10.2. The van der Waals surface area contributed by atoms with Gasteiger partial charge < -0.3 is 20.0 Å². The summed E-state index contributed by atoms with van der Waals surface area (Å²) in [5.74, 6) is 1.78. The fourth-order valence-electron chi connectivity index (χ4n) is 3.80. The van der Waals surface area contributed by atoms with Gasteiger partial charge in [0, 0.05) is 31.7 Å². The lowest BCUT2D eigenvalue weighted by atomic mass is 10.1. The topological polar surface area (TPSA) is 126 Å². The zero-order valence-corrected chi connectivity index (χ0v) is 17.9. The largest absolute Gasteiger partial charge is 0.497 e. The molecule has 1 aromatic carbocycles. The van der Waals surface area contributed by atoms with Crippen molar-refractivity contribution in [2.45, 2.75) is 19.4 Å². The van der Waals surface area contributed by atoms with Gasteiger partial charge in [-0.3, -0.25) is 9.48 Å². The summed E-state index contributed by atoms with van der Waals surface area (Å²) in [6.45, 7) is 2.03. The van der Waals surface area contributed by atoms with Gasteiger partial charge in [-0.25, -0.2) is 15.0 Å². The number of imidazole rings is 1. The molecular weight excluding hydrogens is 408 g/mol. The SMILES string of the molecule is CC[C@H](Nc1c(-c2nc3ccc(OC)cc3[nH]2)c(=O)[nH]c2cn(C)nc12)c1ncccn1. The average molecular weight is 430 g/mol. The highest BCUT2D eigenvalue weighted by Gasteiger charge is 2.23. The number of rotatable bonds is 6. The molecule has 162 valence electrons. The number of ether oxygens (including phenoxy) is 1. The van der Waals surface area contributed by atoms with Crippen LogP contribution in [0.2, 0.25) is 0 Å². The molecule has 4 heterocycles. The van der Waals surface area contributed by atoms with E-state index in [1.807, 2.05) is 32.2 Å². The lowest BCUT2D eigenvalue weighted by molar-refractivity contribution is 0.415. The average Bonchev–Trinajstić information content (AvgIpc) is 3.39. The van der Waals surface area contributed by atoms with E-state index in [0.717, 1.165) is 11.0 Å². The van der Waals surface area contributed by atoms with Gasteiger partial charge in [0.2, 0.25) is 0 Å². The van der Waals surface area contributed by atoms with E-state index in [1.165, 1.54) is 0 Å². The van der Waals surface area contributed by atoms with Gasteiger partial charge in [0.25, 0.3) is 5.56 Å². The molecule has 0 unspecified atom stereocenters. The molecule has 0 fully saturated rings. The molecule has 10 nitrogen and oxygen atoms in total. The molecule has 0 aliphatic heterocycles. The number of anilines is 1. The Bertz CT molecular complexity index is 1470. The molecule has 5 rings (SSSR count). The Morgan fingerprint density at radius 2 is 2.00 bits per heavy atom. The molecule has 0 saturated heterocycles. The number of fused-ring (bicyclic) bond motifs is 2. The van der Waals surface area contributed by atoms with Gasteiger partial charge in [-0.1, -0.05) is 6.92 Å². The summed E-state index contributed by atoms with van der Waals surface area (Å²) in [7, 11) is 3.42. The summed E-state index contributed by atoms with van der Waals surface area (Å²) in [5.41, 5.74) is 3.44. The summed E-state index contributed by atoms with van der Waals surface area (Å²) >= 11 is 0. The molecule has 0 saturated carbocycles. The number of aryl methyl sites for hydroxylation is 1. The first kappa shape index (κ1) is 19.7. The van der Waals surface area contributed by atoms with Crippen LogP contribution in [0.25, 0.3) is 33.5 Å². The molecular formula is C22H22N8O2. The van der Waals surface area contributed by atoms with Crippen molar-refractivity contribution in [3.05, 3.63) is 59.0 Å². The van der Waals surface area contributed by atoms with Crippen LogP contribution in [-0.2, 0) is 7.05 Å². The van der Waals surface area contributed by atoms with Crippen LogP contribution in [0.4, 0.5) is 5.69 Å². The number of aromatic nitrogens is 7. The second-order valence-electron chi connectivity index (χ2n) is 7.45. The summed E-state index contributed by atoms with van der Waals surface area (Å²) in [6, 6.07) is 7.08. The molecule has 0 bridgehead atoms. The van der Waals surface area contributed by atoms with E-state index >= 15 is 0 Å². The van der Waals surface area contributed by atoms with Crippen LogP contribution in [0.3, 0.4) is 0 Å². The molecule has 0 radical (unpaired) electrons. The van der Waals surface area contributed by atoms with Crippen molar-refractivity contribution >= 4 is 27.8 Å². The first-order valence-corrected chi connectivity index (χ1v) is 10.2. The minimum absolute atomic E-state index is 0.216. The number of nitrogens with zero attached hydrogens (tertiary/aromatic N) is 5. The second-order valence-corrected chi connectivity index (χ2v) is 7.45. The number of pyridine rings is 1. The normalized spacial score (nSPS) is 12.3. The molecule has 10 heteroatoms. The number of aromatic amines is 2. The highest BCUT2D eigenvalue weighted by atomic mass is 16.5. The van der Waals surface area contributed by atoms with E-state index in [2.05, 4.69) is 35.3 Å². The van der Waals surface area contributed by atoms with E-state index in [9.17, 15) is 4.79 Å². The number of hydrogen-bond acceptors (Lipinski definition) is 7. The van der Waals surface area contributed by atoms with Crippen LogP contribution in [0.15, 0.2) is 47.7 Å². The van der Waals surface area contributed by atoms with Crippen molar-refractivity contribution in [1.29, 1.82) is 0 Å². The monoisotopic (exact) mass is 430 g/mol. The van der Waals surface area contributed by atoms with Crippen molar-refractivity contribution in [2.75, 3.05) is 12.4 Å². The Hall–Kier alpha value is -4.21. The number of benzene rings is 1. The van der Waals surface area contributed by atoms with Crippen molar-refractivity contribution in [3.8, 4) is 17.1 Å². The number of methoxy groups -OCH3 is 1. The van der Waals surface area contributed by atoms with Crippen molar-refractivity contribution < 1.29 is 4.74 Å². The van der Waals surface area contributed by atoms with Gasteiger partial charge in [0.1, 0.15) is 28.5 Å². The van der Waals surface area contributed by atoms with E-state index in [4.69, 9.17) is 4.74 Å². The second kappa shape index (κ2) is 7.80. The minimum atomic E-state index is -0.275. The van der Waals surface area contributed by atoms with Crippen LogP contribution in [0.5, 0.6) is 5.75 Å². The Morgan fingerprint density at radius 3 is 2.75 bits per heavy atom. The van der Waals surface area contributed by atoms with Crippen LogP contribution in [0, 0.1) is 0 Å². The maximum absolute atomic E-state index is 13.2. The molecule has 5 aromatic rings. The lowest BCUT2D eigenvalue weighted by Gasteiger charge is -2.18. The molecule has 0 amide bonds. The Balaban J connectivity index is 1.72. The molecule has 0 aliphatic carbocycles. The maximum Gasteiger partial charge on any atom is 0.261 e. The Labute approximate surface area is 182 Å². The standard InChI is InChI=1S/C22H22N8O2/c1-4-13(20-23-8-5-9-24-20)25-19-17(22(31)28-16-11-30(2)29-18(16)19)21-26-14-7-6-12(32-3)10-15(14)27-21/h5-11,13,25H,4H2,1-3H3,(H,26,27)(H,28,31)/t13-/m0/s1. The van der Waals surface area contributed by atoms with Gasteiger partial charge in [0.05, 0.1) is 35.4 Å². The molecule has 4 aromatic heterocycles. The molecule has 0 aliphatic rings. The third kappa shape index (κ3) is 3.35. The van der Waals surface area contributed by atoms with Gasteiger partial charge in [-0.05, 0) is 24.6 Å². The molecule has 32 heavy (non-hydrogen) atoms. The van der Waals surface area contributed by atoms with E-state index in [1.54, 1.807) is 36.4 Å². The summed E-state index contributed by atoms with van der Waals surface area (Å²) in [5, 5.41) is 8.05. The van der Waals surface area contributed by atoms with Crippen molar-refractivity contribution in [1.82, 2.24) is 34.7 Å². The smallest absolute Gasteiger partial charge is 0.261 e. The number of hydrogen-bond donors (Lipinski definition) is 3. The van der Waals surface area contributed by atoms with E-state index < -0.39 is 0 Å². The van der Waals surface area contributed by atoms with Gasteiger partial charge in [0.15, 0.2) is 0 Å². The van der Waals surface area contributed by atoms with Crippen LogP contribution in [0.1, 0.15) is 25.2 Å². The molecule has 0 spiro atoms. The fraction of sp³-hybridized carbons (Fsp3) is 0.227. The van der Waals surface area contributed by atoms with Crippen molar-refractivity contribution in [3.63, 3.8) is 0 Å². The summed E-state index contributed by atoms with van der Waals surface area (Å²) in [6.07, 6.45) is 5.89. The first-order chi connectivity index (χ1) is 15.6. The maximum atomic E-state index is 13.2. The van der Waals surface area contributed by atoms with Crippen LogP contribution in [-0.4, -0.2) is 41.8 Å². The molecule has 1 atom stereocenters. The predicted octanol–water partition coefficient (Wildman–Crippen LogP) is 3.17.